The number of nitro benzene ring substituents is 4. The van der Waals surface area contributed by atoms with Crippen molar-refractivity contribution in [1.82, 2.24) is 9.97 Å². The Morgan fingerprint density at radius 3 is 1.08 bits per heavy atom. The molecule has 2 heterocycles. The summed E-state index contributed by atoms with van der Waals surface area (Å²) >= 11 is 0. The first-order chi connectivity index (χ1) is 17.2. The van der Waals surface area contributed by atoms with Crippen molar-refractivity contribution in [2.24, 2.45) is 0 Å². The second-order valence-corrected chi connectivity index (χ2v) is 7.17. The number of benzene rings is 1. The molecular formula is C22H16N6O8. The summed E-state index contributed by atoms with van der Waals surface area (Å²) in [5, 5.41) is 47.7. The van der Waals surface area contributed by atoms with Crippen LogP contribution < -0.4 is 0 Å². The topological polar surface area (TPSA) is 198 Å². The zero-order valence-corrected chi connectivity index (χ0v) is 18.3. The van der Waals surface area contributed by atoms with Crippen LogP contribution in [0.2, 0.25) is 0 Å². The van der Waals surface area contributed by atoms with Crippen LogP contribution in [-0.4, -0.2) is 29.7 Å². The SMILES string of the molecule is O=[N+]([O-])c1c(C=CCc2ccncc2)c([N+](=O)[O-])c([N+](=O)[O-])c(/C=C/Cc2ccncc2)c1[N+](=O)[O-]. The van der Waals surface area contributed by atoms with Gasteiger partial charge in [-0.3, -0.25) is 50.4 Å². The lowest BCUT2D eigenvalue weighted by Gasteiger charge is -2.06. The lowest BCUT2D eigenvalue weighted by Crippen LogP contribution is -2.09. The van der Waals surface area contributed by atoms with E-state index in [1.807, 2.05) is 0 Å². The van der Waals surface area contributed by atoms with Gasteiger partial charge in [-0.05, 0) is 60.4 Å². The van der Waals surface area contributed by atoms with Crippen molar-refractivity contribution in [2.45, 2.75) is 12.8 Å². The maximum absolute atomic E-state index is 11.9. The summed E-state index contributed by atoms with van der Waals surface area (Å²) < 4.78 is 0. The first-order valence-electron chi connectivity index (χ1n) is 10.1. The highest BCUT2D eigenvalue weighted by Gasteiger charge is 2.46. The Hall–Kier alpha value is -5.40. The summed E-state index contributed by atoms with van der Waals surface area (Å²) in [4.78, 5) is 50.7. The molecule has 0 atom stereocenters. The molecular weight excluding hydrogens is 476 g/mol. The van der Waals surface area contributed by atoms with Crippen molar-refractivity contribution in [2.75, 3.05) is 0 Å². The van der Waals surface area contributed by atoms with E-state index in [0.717, 1.165) is 12.2 Å². The Morgan fingerprint density at radius 2 is 0.833 bits per heavy atom. The molecule has 182 valence electrons. The Kier molecular flexibility index (Phi) is 7.81. The molecule has 0 fully saturated rings. The molecule has 1 aromatic carbocycles. The van der Waals surface area contributed by atoms with Crippen molar-refractivity contribution in [3.63, 3.8) is 0 Å². The minimum Gasteiger partial charge on any atom is -0.265 e. The third kappa shape index (κ3) is 5.56. The number of nitrogens with zero attached hydrogens (tertiary/aromatic N) is 6. The van der Waals surface area contributed by atoms with E-state index in [9.17, 15) is 40.5 Å². The van der Waals surface area contributed by atoms with E-state index in [2.05, 4.69) is 9.97 Å². The van der Waals surface area contributed by atoms with E-state index in [-0.39, 0.29) is 12.8 Å². The minimum atomic E-state index is -1.22. The van der Waals surface area contributed by atoms with Gasteiger partial charge in [0.25, 0.3) is 0 Å². The van der Waals surface area contributed by atoms with Gasteiger partial charge in [0.2, 0.25) is 0 Å². The van der Waals surface area contributed by atoms with Gasteiger partial charge in [-0.15, -0.1) is 0 Å². The van der Waals surface area contributed by atoms with E-state index in [1.54, 1.807) is 24.3 Å². The monoisotopic (exact) mass is 492 g/mol. The van der Waals surface area contributed by atoms with Gasteiger partial charge in [-0.2, -0.15) is 0 Å². The molecule has 3 aromatic rings. The van der Waals surface area contributed by atoms with E-state index < -0.39 is 53.6 Å². The lowest BCUT2D eigenvalue weighted by molar-refractivity contribution is -0.434. The molecule has 0 saturated carbocycles. The molecule has 0 unspecified atom stereocenters. The summed E-state index contributed by atoms with van der Waals surface area (Å²) in [5.41, 5.74) is -5.18. The second kappa shape index (κ2) is 11.1. The first kappa shape index (κ1) is 25.2. The molecule has 0 aliphatic rings. The molecule has 0 N–H and O–H groups in total. The van der Waals surface area contributed by atoms with Gasteiger partial charge in [-0.1, -0.05) is 12.2 Å². The summed E-state index contributed by atoms with van der Waals surface area (Å²) in [6, 6.07) is 6.48. The van der Waals surface area contributed by atoms with E-state index in [0.29, 0.717) is 11.1 Å². The number of nitro groups is 4. The molecule has 0 aliphatic heterocycles. The first-order valence-corrected chi connectivity index (χ1v) is 10.1. The number of pyridine rings is 2. The van der Waals surface area contributed by atoms with Crippen LogP contribution in [0.15, 0.2) is 61.2 Å². The summed E-state index contributed by atoms with van der Waals surface area (Å²) in [7, 11) is 0. The molecule has 2 aromatic heterocycles. The molecule has 14 heteroatoms. The maximum Gasteiger partial charge on any atom is 0.361 e. The fraction of sp³-hybridized carbons (Fsp3) is 0.0909. The highest BCUT2D eigenvalue weighted by molar-refractivity contribution is 5.90. The summed E-state index contributed by atoms with van der Waals surface area (Å²) in [5.74, 6) is 0. The van der Waals surface area contributed by atoms with Crippen LogP contribution in [0, 0.1) is 40.5 Å². The predicted molar refractivity (Wildman–Crippen MR) is 127 cm³/mol. The maximum atomic E-state index is 11.9. The van der Waals surface area contributed by atoms with Gasteiger partial charge in [0.15, 0.2) is 0 Å². The standard InChI is InChI=1S/C22H16N6O8/c29-25(30)19-17(5-1-3-15-7-11-23-12-8-15)20(26(31)32)22(28(35)36)18(21(19)27(33)34)6-2-4-16-9-13-24-14-10-16/h1-2,5-14H,3-4H2/b5-1+,6-2?. The highest BCUT2D eigenvalue weighted by Crippen LogP contribution is 2.48. The molecule has 0 aliphatic carbocycles. The van der Waals surface area contributed by atoms with Crippen LogP contribution in [0.3, 0.4) is 0 Å². The van der Waals surface area contributed by atoms with Gasteiger partial charge in [0.1, 0.15) is 11.1 Å². The molecule has 0 amide bonds. The highest BCUT2D eigenvalue weighted by atomic mass is 16.6. The molecule has 36 heavy (non-hydrogen) atoms. The Bertz CT molecular complexity index is 1230. The van der Waals surface area contributed by atoms with Gasteiger partial charge >= 0.3 is 22.7 Å². The van der Waals surface area contributed by atoms with Gasteiger partial charge in [0, 0.05) is 24.8 Å². The van der Waals surface area contributed by atoms with Crippen LogP contribution in [0.25, 0.3) is 12.2 Å². The average molecular weight is 492 g/mol. The van der Waals surface area contributed by atoms with Crippen molar-refractivity contribution in [3.8, 4) is 0 Å². The van der Waals surface area contributed by atoms with Crippen molar-refractivity contribution in [3.05, 3.63) is 124 Å². The fourth-order valence-corrected chi connectivity index (χ4v) is 3.45. The summed E-state index contributed by atoms with van der Waals surface area (Å²) in [6.07, 6.45) is 10.6. The third-order valence-corrected chi connectivity index (χ3v) is 4.97. The van der Waals surface area contributed by atoms with Crippen molar-refractivity contribution in [1.29, 1.82) is 0 Å². The third-order valence-electron chi connectivity index (χ3n) is 4.97. The van der Waals surface area contributed by atoms with Crippen LogP contribution >= 0.6 is 0 Å². The van der Waals surface area contributed by atoms with E-state index >= 15 is 0 Å². The zero-order valence-electron chi connectivity index (χ0n) is 18.3. The average Bonchev–Trinajstić information content (AvgIpc) is 2.84. The fourth-order valence-electron chi connectivity index (χ4n) is 3.45. The van der Waals surface area contributed by atoms with E-state index in [1.165, 1.54) is 36.9 Å². The van der Waals surface area contributed by atoms with Crippen LogP contribution in [0.5, 0.6) is 0 Å². The normalized spacial score (nSPS) is 11.1. The summed E-state index contributed by atoms with van der Waals surface area (Å²) in [6.45, 7) is 0. The molecule has 14 nitrogen and oxygen atoms in total. The van der Waals surface area contributed by atoms with Gasteiger partial charge < -0.3 is 0 Å². The molecule has 0 bridgehead atoms. The molecule has 3 rings (SSSR count). The smallest absolute Gasteiger partial charge is 0.265 e. The quantitative estimate of drug-likeness (QED) is 0.284. The number of aromatic nitrogens is 2. The van der Waals surface area contributed by atoms with Gasteiger partial charge in [0.05, 0.1) is 19.7 Å². The predicted octanol–water partition coefficient (Wildman–Crippen LogP) is 4.62. The minimum absolute atomic E-state index is 0.131. The van der Waals surface area contributed by atoms with Crippen LogP contribution in [-0.2, 0) is 12.8 Å². The molecule has 0 radical (unpaired) electrons. The second-order valence-electron chi connectivity index (χ2n) is 7.17. The van der Waals surface area contributed by atoms with Crippen molar-refractivity contribution >= 4 is 34.9 Å². The van der Waals surface area contributed by atoms with Crippen LogP contribution in [0.1, 0.15) is 22.3 Å². The lowest BCUT2D eigenvalue weighted by atomic mass is 9.98. The largest absolute Gasteiger partial charge is 0.361 e. The number of hydrogen-bond acceptors (Lipinski definition) is 10. The van der Waals surface area contributed by atoms with Gasteiger partial charge in [-0.25, -0.2) is 0 Å². The number of hydrogen-bond donors (Lipinski definition) is 0. The number of rotatable bonds is 10. The van der Waals surface area contributed by atoms with Crippen molar-refractivity contribution < 1.29 is 19.7 Å². The Balaban J connectivity index is 2.27. The molecule has 0 saturated heterocycles. The van der Waals surface area contributed by atoms with E-state index in [4.69, 9.17) is 0 Å². The Morgan fingerprint density at radius 1 is 0.556 bits per heavy atom. The molecule has 0 spiro atoms. The zero-order chi connectivity index (χ0) is 26.2. The Labute approximate surface area is 201 Å². The number of allylic oxidation sites excluding steroid dienone is 2. The van der Waals surface area contributed by atoms with Crippen LogP contribution in [0.4, 0.5) is 22.7 Å².